The van der Waals surface area contributed by atoms with Crippen LogP contribution in [-0.4, -0.2) is 69.3 Å². The molecule has 0 bridgehead atoms. The van der Waals surface area contributed by atoms with Gasteiger partial charge in [0.1, 0.15) is 0 Å². The highest BCUT2D eigenvalue weighted by molar-refractivity contribution is 5.68. The van der Waals surface area contributed by atoms with Crippen LogP contribution in [0.15, 0.2) is 30.5 Å². The Bertz CT molecular complexity index is 1120. The molecule has 6 nitrogen and oxygen atoms in total. The van der Waals surface area contributed by atoms with Crippen molar-refractivity contribution in [2.75, 3.05) is 19.6 Å². The van der Waals surface area contributed by atoms with Gasteiger partial charge in [0, 0.05) is 48.5 Å². The largest absolute Gasteiger partial charge is 0.434 e. The van der Waals surface area contributed by atoms with Crippen LogP contribution in [0.25, 0.3) is 11.3 Å². The highest BCUT2D eigenvalue weighted by atomic mass is 19.4. The van der Waals surface area contributed by atoms with Crippen LogP contribution in [0, 0.1) is 6.92 Å². The quantitative estimate of drug-likeness (QED) is 0.402. The molecule has 0 radical (unpaired) electrons. The minimum atomic E-state index is -5.73. The number of piperidine rings is 1. The van der Waals surface area contributed by atoms with Crippen LogP contribution in [-0.2, 0) is 11.3 Å². The average Bonchev–Trinajstić information content (AvgIpc) is 3.41. The summed E-state index contributed by atoms with van der Waals surface area (Å²) in [6.07, 6.45) is -12.6. The van der Waals surface area contributed by atoms with E-state index in [1.165, 1.54) is 0 Å². The Kier molecular flexibility index (Phi) is 7.75. The van der Waals surface area contributed by atoms with Gasteiger partial charge in [0.15, 0.2) is 0 Å². The van der Waals surface area contributed by atoms with Crippen molar-refractivity contribution in [3.05, 3.63) is 41.6 Å². The molecule has 2 saturated heterocycles. The summed E-state index contributed by atoms with van der Waals surface area (Å²) >= 11 is 0. The van der Waals surface area contributed by atoms with Gasteiger partial charge < -0.3 is 9.64 Å². The number of benzene rings is 1. The summed E-state index contributed by atoms with van der Waals surface area (Å²) in [4.78, 5) is 15.5. The number of ether oxygens (including phenoxy) is 1. The van der Waals surface area contributed by atoms with Crippen molar-refractivity contribution >= 4 is 6.09 Å². The molecule has 2 aliphatic heterocycles. The number of nitrogens with zero attached hydrogens (tertiary/aromatic N) is 4. The summed E-state index contributed by atoms with van der Waals surface area (Å²) in [6, 6.07) is 8.25. The number of hydrogen-bond acceptors (Lipinski definition) is 4. The van der Waals surface area contributed by atoms with Crippen molar-refractivity contribution in [3.63, 3.8) is 0 Å². The Labute approximate surface area is 217 Å². The van der Waals surface area contributed by atoms with Gasteiger partial charge in [0.05, 0.1) is 5.69 Å². The predicted molar refractivity (Wildman–Crippen MR) is 128 cm³/mol. The first-order chi connectivity index (χ1) is 17.7. The molecule has 210 valence electrons. The second-order valence-electron chi connectivity index (χ2n) is 10.5. The monoisotopic (exact) mass is 546 g/mol. The normalized spacial score (nSPS) is 18.7. The number of rotatable bonds is 5. The van der Waals surface area contributed by atoms with E-state index in [9.17, 15) is 31.1 Å². The van der Waals surface area contributed by atoms with E-state index >= 15 is 0 Å². The molecule has 0 aliphatic carbocycles. The lowest BCUT2D eigenvalue weighted by atomic mass is 9.85. The third-order valence-corrected chi connectivity index (χ3v) is 7.50. The van der Waals surface area contributed by atoms with E-state index in [0.29, 0.717) is 19.4 Å². The molecule has 2 aliphatic rings. The fourth-order valence-electron chi connectivity index (χ4n) is 5.46. The number of amides is 1. The molecule has 3 heterocycles. The number of hydrogen-bond donors (Lipinski definition) is 0. The molecule has 1 spiro atoms. The zero-order valence-electron chi connectivity index (χ0n) is 21.6. The van der Waals surface area contributed by atoms with Crippen molar-refractivity contribution in [1.82, 2.24) is 19.6 Å². The van der Waals surface area contributed by atoms with Crippen LogP contribution in [0.1, 0.15) is 56.7 Å². The molecule has 2 fully saturated rings. The molecule has 1 aromatic carbocycles. The molecular weight excluding hydrogens is 514 g/mol. The lowest BCUT2D eigenvalue weighted by Gasteiger charge is -2.45. The third-order valence-electron chi connectivity index (χ3n) is 7.50. The Morgan fingerprint density at radius 1 is 1.05 bits per heavy atom. The van der Waals surface area contributed by atoms with Gasteiger partial charge in [-0.1, -0.05) is 23.8 Å². The van der Waals surface area contributed by atoms with E-state index in [0.717, 1.165) is 46.7 Å². The fraction of sp³-hybridized carbons (Fsp3) is 0.615. The van der Waals surface area contributed by atoms with Gasteiger partial charge in [0.25, 0.3) is 6.10 Å². The van der Waals surface area contributed by atoms with Crippen LogP contribution in [0.4, 0.5) is 31.1 Å². The number of aromatic nitrogens is 2. The lowest BCUT2D eigenvalue weighted by molar-refractivity contribution is -0.308. The van der Waals surface area contributed by atoms with Crippen molar-refractivity contribution in [3.8, 4) is 11.3 Å². The zero-order valence-corrected chi connectivity index (χ0v) is 21.6. The fourth-order valence-corrected chi connectivity index (χ4v) is 5.46. The van der Waals surface area contributed by atoms with Crippen molar-refractivity contribution in [2.45, 2.75) is 83.0 Å². The predicted octanol–water partition coefficient (Wildman–Crippen LogP) is 6.50. The van der Waals surface area contributed by atoms with Crippen LogP contribution >= 0.6 is 0 Å². The van der Waals surface area contributed by atoms with Crippen molar-refractivity contribution < 1.29 is 35.9 Å². The number of alkyl halides is 6. The minimum absolute atomic E-state index is 0.0216. The maximum Gasteiger partial charge on any atom is 0.434 e. The second kappa shape index (κ2) is 10.4. The van der Waals surface area contributed by atoms with Gasteiger partial charge in [-0.25, -0.2) is 4.79 Å². The second-order valence-corrected chi connectivity index (χ2v) is 10.5. The van der Waals surface area contributed by atoms with E-state index in [4.69, 9.17) is 5.10 Å². The molecule has 38 heavy (non-hydrogen) atoms. The molecule has 0 N–H and O–H groups in total. The Morgan fingerprint density at radius 2 is 1.71 bits per heavy atom. The smallest absolute Gasteiger partial charge is 0.426 e. The highest BCUT2D eigenvalue weighted by Gasteiger charge is 2.60. The third kappa shape index (κ3) is 5.94. The van der Waals surface area contributed by atoms with Gasteiger partial charge >= 0.3 is 18.4 Å². The van der Waals surface area contributed by atoms with Gasteiger partial charge in [0.2, 0.25) is 0 Å². The Hall–Kier alpha value is -2.76. The minimum Gasteiger partial charge on any atom is -0.426 e. The number of likely N-dealkylation sites (tertiary alicyclic amines) is 2. The van der Waals surface area contributed by atoms with E-state index < -0.39 is 24.5 Å². The van der Waals surface area contributed by atoms with Gasteiger partial charge in [-0.2, -0.15) is 31.4 Å². The molecule has 12 heteroatoms. The first-order valence-corrected chi connectivity index (χ1v) is 12.7. The average molecular weight is 547 g/mol. The standard InChI is InChI=1S/C26H32F6N4O2/c1-17(2)36-16-20(21(33-36)19-7-4-6-18(3)14-19)15-35-11-5-8-24(35)9-12-34(13-10-24)23(37)38-22(25(27,28)29)26(30,31)32/h4,6-7,14,16-17,22H,5,8-13,15H2,1-3H3. The van der Waals surface area contributed by atoms with Gasteiger partial charge in [-0.05, 0) is 59.1 Å². The molecule has 0 unspecified atom stereocenters. The van der Waals surface area contributed by atoms with E-state index in [1.807, 2.05) is 49.8 Å². The molecular formula is C26H32F6N4O2. The molecule has 0 saturated carbocycles. The molecule has 1 amide bonds. The molecule has 4 rings (SSSR count). The number of carbonyl (C=O) groups is 1. The number of carbonyl (C=O) groups excluding carboxylic acids is 1. The van der Waals surface area contributed by atoms with Crippen LogP contribution in [0.2, 0.25) is 0 Å². The maximum atomic E-state index is 12.8. The summed E-state index contributed by atoms with van der Waals surface area (Å²) in [5.74, 6) is 0. The van der Waals surface area contributed by atoms with E-state index in [-0.39, 0.29) is 24.7 Å². The van der Waals surface area contributed by atoms with Crippen molar-refractivity contribution in [1.29, 1.82) is 0 Å². The molecule has 0 atom stereocenters. The van der Waals surface area contributed by atoms with Crippen LogP contribution < -0.4 is 0 Å². The number of aryl methyl sites for hydroxylation is 1. The Balaban J connectivity index is 1.48. The van der Waals surface area contributed by atoms with Crippen LogP contribution in [0.3, 0.4) is 0 Å². The summed E-state index contributed by atoms with van der Waals surface area (Å²) in [6.45, 7) is 7.56. The highest BCUT2D eigenvalue weighted by Crippen LogP contribution is 2.41. The molecule has 2 aromatic rings. The maximum absolute atomic E-state index is 12.8. The first kappa shape index (κ1) is 28.3. The summed E-state index contributed by atoms with van der Waals surface area (Å²) in [5.41, 5.74) is 3.76. The summed E-state index contributed by atoms with van der Waals surface area (Å²) in [7, 11) is 0. The molecule has 1 aromatic heterocycles. The first-order valence-electron chi connectivity index (χ1n) is 12.7. The van der Waals surface area contributed by atoms with E-state index in [1.54, 1.807) is 0 Å². The summed E-state index contributed by atoms with van der Waals surface area (Å²) in [5, 5.41) is 4.84. The Morgan fingerprint density at radius 3 is 2.29 bits per heavy atom. The van der Waals surface area contributed by atoms with Crippen LogP contribution in [0.5, 0.6) is 0 Å². The number of halogens is 6. The van der Waals surface area contributed by atoms with Gasteiger partial charge in [-0.3, -0.25) is 9.58 Å². The van der Waals surface area contributed by atoms with Gasteiger partial charge in [-0.15, -0.1) is 0 Å². The summed E-state index contributed by atoms with van der Waals surface area (Å²) < 4.78 is 82.9. The SMILES string of the molecule is Cc1cccc(-c2nn(C(C)C)cc2CN2CCCC23CCN(C(=O)OC(C(F)(F)F)C(F)(F)F)CC3)c1. The zero-order chi connectivity index (χ0) is 27.9. The lowest BCUT2D eigenvalue weighted by Crippen LogP contribution is -2.54. The topological polar surface area (TPSA) is 50.6 Å². The van der Waals surface area contributed by atoms with Crippen molar-refractivity contribution in [2.24, 2.45) is 0 Å². The van der Waals surface area contributed by atoms with E-state index in [2.05, 4.69) is 15.7 Å².